The Kier molecular flexibility index (Phi) is 4.52. The Morgan fingerprint density at radius 3 is 1.62 bits per heavy atom. The number of ether oxygens (including phenoxy) is 2. The maximum absolute atomic E-state index is 12.1. The van der Waals surface area contributed by atoms with E-state index in [1.807, 2.05) is 0 Å². The predicted octanol–water partition coefficient (Wildman–Crippen LogP) is 2.31. The second-order valence-electron chi connectivity index (χ2n) is 4.56. The van der Waals surface area contributed by atoms with Crippen molar-refractivity contribution in [2.75, 3.05) is 0 Å². The summed E-state index contributed by atoms with van der Waals surface area (Å²) in [7, 11) is 0. The van der Waals surface area contributed by atoms with Gasteiger partial charge >= 0.3 is 11.9 Å². The average Bonchev–Trinajstić information content (AvgIpc) is 2.63. The summed E-state index contributed by atoms with van der Waals surface area (Å²) in [5.74, 6) is -0.821. The van der Waals surface area contributed by atoms with Gasteiger partial charge in [0.15, 0.2) is 0 Å². The number of rotatable bonds is 4. The zero-order chi connectivity index (χ0) is 16.8. The number of carbonyl (C=O) groups excluding carboxylic acids is 2. The SMILES string of the molecule is O=C(Oc1cccnc1)c1cccc(C(=O)Oc2cccnc2)n1. The molecule has 0 unspecified atom stereocenters. The van der Waals surface area contributed by atoms with Gasteiger partial charge in [-0.3, -0.25) is 9.97 Å². The molecule has 7 nitrogen and oxygen atoms in total. The van der Waals surface area contributed by atoms with Crippen LogP contribution in [-0.2, 0) is 0 Å². The van der Waals surface area contributed by atoms with Gasteiger partial charge in [-0.2, -0.15) is 0 Å². The summed E-state index contributed by atoms with van der Waals surface area (Å²) >= 11 is 0. The van der Waals surface area contributed by atoms with Crippen molar-refractivity contribution in [2.24, 2.45) is 0 Å². The first-order chi connectivity index (χ1) is 11.7. The van der Waals surface area contributed by atoms with Gasteiger partial charge in [0, 0.05) is 12.4 Å². The lowest BCUT2D eigenvalue weighted by molar-refractivity contribution is 0.0722. The van der Waals surface area contributed by atoms with E-state index in [-0.39, 0.29) is 22.9 Å². The number of hydrogen-bond acceptors (Lipinski definition) is 7. The fourth-order valence-corrected chi connectivity index (χ4v) is 1.80. The van der Waals surface area contributed by atoms with Crippen molar-refractivity contribution in [3.8, 4) is 11.5 Å². The summed E-state index contributed by atoms with van der Waals surface area (Å²) in [6.07, 6.45) is 5.92. The Bertz CT molecular complexity index is 785. The molecule has 118 valence electrons. The van der Waals surface area contributed by atoms with Crippen molar-refractivity contribution < 1.29 is 19.1 Å². The van der Waals surface area contributed by atoms with Gasteiger partial charge in [0.25, 0.3) is 0 Å². The van der Waals surface area contributed by atoms with E-state index in [4.69, 9.17) is 9.47 Å². The molecule has 0 aliphatic heterocycles. The quantitative estimate of drug-likeness (QED) is 0.681. The summed E-state index contributed by atoms with van der Waals surface area (Å²) in [6, 6.07) is 10.9. The number of carbonyl (C=O) groups is 2. The molecule has 0 saturated heterocycles. The molecule has 0 bridgehead atoms. The lowest BCUT2D eigenvalue weighted by Gasteiger charge is -2.05. The highest BCUT2D eigenvalue weighted by atomic mass is 16.5. The van der Waals surface area contributed by atoms with E-state index in [1.54, 1.807) is 36.7 Å². The molecule has 0 aliphatic rings. The highest BCUT2D eigenvalue weighted by molar-refractivity contribution is 5.93. The van der Waals surface area contributed by atoms with E-state index in [2.05, 4.69) is 15.0 Å². The highest BCUT2D eigenvalue weighted by Crippen LogP contribution is 2.12. The molecule has 3 aromatic heterocycles. The van der Waals surface area contributed by atoms with Crippen molar-refractivity contribution in [1.82, 2.24) is 15.0 Å². The normalized spacial score (nSPS) is 10.0. The molecule has 0 saturated carbocycles. The Balaban J connectivity index is 1.74. The Morgan fingerprint density at radius 1 is 0.708 bits per heavy atom. The first-order valence-electron chi connectivity index (χ1n) is 6.94. The van der Waals surface area contributed by atoms with Crippen LogP contribution >= 0.6 is 0 Å². The monoisotopic (exact) mass is 321 g/mol. The number of nitrogens with zero attached hydrogens (tertiary/aromatic N) is 3. The molecule has 0 aliphatic carbocycles. The molecule has 0 fully saturated rings. The summed E-state index contributed by atoms with van der Waals surface area (Å²) in [4.78, 5) is 35.8. The summed E-state index contributed by atoms with van der Waals surface area (Å²) < 4.78 is 10.3. The van der Waals surface area contributed by atoms with Crippen LogP contribution in [-0.4, -0.2) is 26.9 Å². The van der Waals surface area contributed by atoms with E-state index in [9.17, 15) is 9.59 Å². The van der Waals surface area contributed by atoms with Crippen molar-refractivity contribution in [3.05, 3.63) is 78.6 Å². The molecule has 0 N–H and O–H groups in total. The van der Waals surface area contributed by atoms with Crippen LogP contribution in [0.15, 0.2) is 67.3 Å². The zero-order valence-corrected chi connectivity index (χ0v) is 12.3. The van der Waals surface area contributed by atoms with Crippen LogP contribution in [0, 0.1) is 0 Å². The van der Waals surface area contributed by atoms with Gasteiger partial charge < -0.3 is 9.47 Å². The molecule has 0 aromatic carbocycles. The molecule has 3 rings (SSSR count). The van der Waals surface area contributed by atoms with E-state index in [1.165, 1.54) is 30.6 Å². The molecule has 3 heterocycles. The third-order valence-electron chi connectivity index (χ3n) is 2.86. The average molecular weight is 321 g/mol. The second-order valence-corrected chi connectivity index (χ2v) is 4.56. The summed E-state index contributed by atoms with van der Waals surface area (Å²) in [6.45, 7) is 0. The molecule has 0 radical (unpaired) electrons. The molecule has 0 spiro atoms. The Morgan fingerprint density at radius 2 is 1.21 bits per heavy atom. The van der Waals surface area contributed by atoms with Crippen molar-refractivity contribution in [3.63, 3.8) is 0 Å². The van der Waals surface area contributed by atoms with Crippen LogP contribution in [0.1, 0.15) is 21.0 Å². The number of esters is 2. The predicted molar refractivity (Wildman–Crippen MR) is 82.6 cm³/mol. The van der Waals surface area contributed by atoms with E-state index in [0.717, 1.165) is 0 Å². The van der Waals surface area contributed by atoms with Gasteiger partial charge in [0.05, 0.1) is 12.4 Å². The fourth-order valence-electron chi connectivity index (χ4n) is 1.80. The van der Waals surface area contributed by atoms with Crippen molar-refractivity contribution in [2.45, 2.75) is 0 Å². The lowest BCUT2D eigenvalue weighted by atomic mass is 10.3. The maximum Gasteiger partial charge on any atom is 0.362 e. The zero-order valence-electron chi connectivity index (χ0n) is 12.3. The largest absolute Gasteiger partial charge is 0.420 e. The van der Waals surface area contributed by atoms with Crippen LogP contribution in [0.5, 0.6) is 11.5 Å². The van der Waals surface area contributed by atoms with E-state index < -0.39 is 11.9 Å². The lowest BCUT2D eigenvalue weighted by Crippen LogP contribution is -2.16. The minimum absolute atomic E-state index is 0.0144. The standard InChI is InChI=1S/C17H11N3O4/c21-16(23-12-4-2-8-18-10-12)14-6-1-7-15(20-14)17(22)24-13-5-3-9-19-11-13/h1-11H. The van der Waals surface area contributed by atoms with E-state index >= 15 is 0 Å². The molecule has 7 heteroatoms. The third kappa shape index (κ3) is 3.77. The second kappa shape index (κ2) is 7.10. The Labute approximate surface area is 136 Å². The number of aromatic nitrogens is 3. The number of hydrogen-bond donors (Lipinski definition) is 0. The van der Waals surface area contributed by atoms with Crippen LogP contribution in [0.25, 0.3) is 0 Å². The third-order valence-corrected chi connectivity index (χ3v) is 2.86. The minimum Gasteiger partial charge on any atom is -0.420 e. The summed E-state index contributed by atoms with van der Waals surface area (Å²) in [5, 5.41) is 0. The van der Waals surface area contributed by atoms with Crippen LogP contribution < -0.4 is 9.47 Å². The topological polar surface area (TPSA) is 91.3 Å². The van der Waals surface area contributed by atoms with Crippen LogP contribution in [0.2, 0.25) is 0 Å². The van der Waals surface area contributed by atoms with Crippen LogP contribution in [0.3, 0.4) is 0 Å². The van der Waals surface area contributed by atoms with Crippen LogP contribution in [0.4, 0.5) is 0 Å². The molecular weight excluding hydrogens is 310 g/mol. The first kappa shape index (κ1) is 15.3. The maximum atomic E-state index is 12.1. The molecule has 0 atom stereocenters. The minimum atomic E-state index is -0.695. The molecular formula is C17H11N3O4. The smallest absolute Gasteiger partial charge is 0.362 e. The molecule has 24 heavy (non-hydrogen) atoms. The molecule has 0 amide bonds. The van der Waals surface area contributed by atoms with Gasteiger partial charge in [0.1, 0.15) is 22.9 Å². The first-order valence-corrected chi connectivity index (χ1v) is 6.94. The van der Waals surface area contributed by atoms with E-state index in [0.29, 0.717) is 0 Å². The number of pyridine rings is 3. The van der Waals surface area contributed by atoms with Crippen molar-refractivity contribution >= 4 is 11.9 Å². The van der Waals surface area contributed by atoms with Gasteiger partial charge in [-0.15, -0.1) is 0 Å². The Hall–Kier alpha value is -3.61. The molecule has 3 aromatic rings. The fraction of sp³-hybridized carbons (Fsp3) is 0. The van der Waals surface area contributed by atoms with Gasteiger partial charge in [-0.05, 0) is 36.4 Å². The van der Waals surface area contributed by atoms with Gasteiger partial charge in [0.2, 0.25) is 0 Å². The summed E-state index contributed by atoms with van der Waals surface area (Å²) in [5.41, 5.74) is -0.0287. The van der Waals surface area contributed by atoms with Gasteiger partial charge in [-0.1, -0.05) is 6.07 Å². The highest BCUT2D eigenvalue weighted by Gasteiger charge is 2.15. The van der Waals surface area contributed by atoms with Crippen molar-refractivity contribution in [1.29, 1.82) is 0 Å². The van der Waals surface area contributed by atoms with Gasteiger partial charge in [-0.25, -0.2) is 14.6 Å².